The van der Waals surface area contributed by atoms with Gasteiger partial charge in [-0.15, -0.1) is 0 Å². The quantitative estimate of drug-likeness (QED) is 0.908. The number of carbonyl (C=O) groups excluding carboxylic acids is 2. The topological polar surface area (TPSA) is 77.9 Å². The van der Waals surface area contributed by atoms with Gasteiger partial charge >= 0.3 is 5.97 Å². The van der Waals surface area contributed by atoms with Crippen molar-refractivity contribution in [2.24, 2.45) is 11.8 Å². The van der Waals surface area contributed by atoms with Crippen molar-refractivity contribution >= 4 is 17.8 Å². The Morgan fingerprint density at radius 1 is 0.800 bits per heavy atom. The Hall–Kier alpha value is -2.37. The highest BCUT2D eigenvalue weighted by Crippen LogP contribution is 2.30. The summed E-state index contributed by atoms with van der Waals surface area (Å²) in [6.07, 6.45) is 2.47. The molecule has 1 saturated carbocycles. The van der Waals surface area contributed by atoms with Gasteiger partial charge in [0.25, 0.3) is 5.91 Å². The predicted octanol–water partition coefficient (Wildman–Crippen LogP) is 1.86. The number of nitrogens with zero attached hydrogens (tertiary/aromatic N) is 2. The lowest BCUT2D eigenvalue weighted by atomic mass is 9.81. The summed E-state index contributed by atoms with van der Waals surface area (Å²) in [6.45, 7) is 2.19. The number of carboxylic acid groups (broad SMARTS) is 1. The van der Waals surface area contributed by atoms with Crippen LogP contribution >= 0.6 is 0 Å². The first kappa shape index (κ1) is 17.5. The molecule has 6 nitrogen and oxygen atoms in total. The van der Waals surface area contributed by atoms with Crippen LogP contribution in [0.3, 0.4) is 0 Å². The van der Waals surface area contributed by atoms with Crippen molar-refractivity contribution in [3.63, 3.8) is 0 Å². The van der Waals surface area contributed by atoms with Gasteiger partial charge in [0.1, 0.15) is 0 Å². The monoisotopic (exact) mass is 344 g/mol. The molecule has 0 unspecified atom stereocenters. The molecule has 1 N–H and O–H groups in total. The minimum Gasteiger partial charge on any atom is -0.481 e. The van der Waals surface area contributed by atoms with Crippen molar-refractivity contribution in [3.8, 4) is 0 Å². The van der Waals surface area contributed by atoms with Gasteiger partial charge in [0.2, 0.25) is 5.91 Å². The van der Waals surface area contributed by atoms with E-state index in [9.17, 15) is 14.4 Å². The fourth-order valence-electron chi connectivity index (χ4n) is 3.74. The highest BCUT2D eigenvalue weighted by Gasteiger charge is 2.33. The molecule has 0 atom stereocenters. The maximum atomic E-state index is 12.7. The summed E-state index contributed by atoms with van der Waals surface area (Å²) in [5.41, 5.74) is 0.675. The molecule has 1 aliphatic heterocycles. The summed E-state index contributed by atoms with van der Waals surface area (Å²) in [7, 11) is 0. The van der Waals surface area contributed by atoms with Gasteiger partial charge < -0.3 is 14.9 Å². The van der Waals surface area contributed by atoms with E-state index < -0.39 is 5.97 Å². The van der Waals surface area contributed by atoms with Crippen LogP contribution in [0.15, 0.2) is 30.3 Å². The lowest BCUT2D eigenvalue weighted by Crippen LogP contribution is -2.52. The zero-order valence-electron chi connectivity index (χ0n) is 14.3. The van der Waals surface area contributed by atoms with Gasteiger partial charge in [-0.05, 0) is 37.8 Å². The number of benzene rings is 1. The molecular formula is C19H24N2O4. The smallest absolute Gasteiger partial charge is 0.306 e. The average Bonchev–Trinajstić information content (AvgIpc) is 2.67. The highest BCUT2D eigenvalue weighted by molar-refractivity contribution is 5.94. The standard InChI is InChI=1S/C19H24N2O4/c22-17(14-4-2-1-3-5-14)20-10-12-21(13-11-20)18(23)15-6-8-16(9-7-15)19(24)25/h1-5,15-16H,6-13H2,(H,24,25). The van der Waals surface area contributed by atoms with Crippen molar-refractivity contribution < 1.29 is 19.5 Å². The van der Waals surface area contributed by atoms with Gasteiger partial charge in [-0.25, -0.2) is 0 Å². The molecule has 0 spiro atoms. The van der Waals surface area contributed by atoms with Crippen LogP contribution in [-0.4, -0.2) is 58.9 Å². The fourth-order valence-corrected chi connectivity index (χ4v) is 3.74. The molecule has 0 radical (unpaired) electrons. The van der Waals surface area contributed by atoms with E-state index in [1.165, 1.54) is 0 Å². The Bertz CT molecular complexity index is 630. The van der Waals surface area contributed by atoms with Crippen LogP contribution in [0.1, 0.15) is 36.0 Å². The van der Waals surface area contributed by atoms with Crippen molar-refractivity contribution in [2.75, 3.05) is 26.2 Å². The van der Waals surface area contributed by atoms with Crippen LogP contribution in [0.2, 0.25) is 0 Å². The third-order valence-corrected chi connectivity index (χ3v) is 5.32. The van der Waals surface area contributed by atoms with E-state index in [2.05, 4.69) is 0 Å². The van der Waals surface area contributed by atoms with E-state index >= 15 is 0 Å². The minimum absolute atomic E-state index is 0.00895. The van der Waals surface area contributed by atoms with Gasteiger partial charge in [0.05, 0.1) is 5.92 Å². The molecule has 1 saturated heterocycles. The van der Waals surface area contributed by atoms with Gasteiger partial charge in [-0.1, -0.05) is 18.2 Å². The molecule has 2 aliphatic rings. The van der Waals surface area contributed by atoms with Gasteiger partial charge in [-0.2, -0.15) is 0 Å². The van der Waals surface area contributed by atoms with E-state index in [0.29, 0.717) is 57.4 Å². The lowest BCUT2D eigenvalue weighted by Gasteiger charge is -2.37. The number of carboxylic acids is 1. The van der Waals surface area contributed by atoms with Crippen molar-refractivity contribution in [2.45, 2.75) is 25.7 Å². The van der Waals surface area contributed by atoms with E-state index in [0.717, 1.165) is 0 Å². The van der Waals surface area contributed by atoms with Crippen LogP contribution in [-0.2, 0) is 9.59 Å². The Labute approximate surface area is 147 Å². The number of hydrogen-bond donors (Lipinski definition) is 1. The van der Waals surface area contributed by atoms with Crippen LogP contribution in [0.25, 0.3) is 0 Å². The third kappa shape index (κ3) is 4.00. The first-order chi connectivity index (χ1) is 12.1. The number of amides is 2. The maximum absolute atomic E-state index is 12.7. The molecule has 2 amide bonds. The van der Waals surface area contributed by atoms with E-state index in [1.54, 1.807) is 17.0 Å². The molecule has 134 valence electrons. The summed E-state index contributed by atoms with van der Waals surface area (Å²) in [4.78, 5) is 39.7. The molecule has 6 heteroatoms. The maximum Gasteiger partial charge on any atom is 0.306 e. The number of piperazine rings is 1. The molecular weight excluding hydrogens is 320 g/mol. The minimum atomic E-state index is -0.751. The van der Waals surface area contributed by atoms with Crippen molar-refractivity contribution in [1.29, 1.82) is 0 Å². The Balaban J connectivity index is 1.50. The number of hydrogen-bond acceptors (Lipinski definition) is 3. The molecule has 1 aliphatic carbocycles. The van der Waals surface area contributed by atoms with Crippen LogP contribution in [0, 0.1) is 11.8 Å². The second-order valence-corrected chi connectivity index (χ2v) is 6.87. The zero-order valence-corrected chi connectivity index (χ0v) is 14.3. The zero-order chi connectivity index (χ0) is 17.8. The summed E-state index contributed by atoms with van der Waals surface area (Å²) >= 11 is 0. The van der Waals surface area contributed by atoms with Gasteiger partial charge in [0.15, 0.2) is 0 Å². The molecule has 3 rings (SSSR count). The Morgan fingerprint density at radius 2 is 1.32 bits per heavy atom. The molecule has 0 aromatic heterocycles. The van der Waals surface area contributed by atoms with Crippen LogP contribution in [0.5, 0.6) is 0 Å². The normalized spacial score (nSPS) is 24.0. The second kappa shape index (κ2) is 7.68. The van der Waals surface area contributed by atoms with Crippen LogP contribution in [0.4, 0.5) is 0 Å². The number of carbonyl (C=O) groups is 3. The second-order valence-electron chi connectivity index (χ2n) is 6.87. The summed E-state index contributed by atoms with van der Waals surface area (Å²) < 4.78 is 0. The summed E-state index contributed by atoms with van der Waals surface area (Å²) in [6, 6.07) is 9.19. The molecule has 25 heavy (non-hydrogen) atoms. The molecule has 1 heterocycles. The Morgan fingerprint density at radius 3 is 1.88 bits per heavy atom. The van der Waals surface area contributed by atoms with E-state index in [1.807, 2.05) is 23.1 Å². The number of aliphatic carboxylic acids is 1. The molecule has 1 aromatic rings. The lowest BCUT2D eigenvalue weighted by molar-refractivity contribution is -0.146. The molecule has 2 fully saturated rings. The molecule has 0 bridgehead atoms. The van der Waals surface area contributed by atoms with E-state index in [4.69, 9.17) is 5.11 Å². The SMILES string of the molecule is O=C(O)C1CCC(C(=O)N2CCN(C(=O)c3ccccc3)CC2)CC1. The largest absolute Gasteiger partial charge is 0.481 e. The number of rotatable bonds is 3. The molecule has 1 aromatic carbocycles. The Kier molecular flexibility index (Phi) is 5.36. The first-order valence-corrected chi connectivity index (χ1v) is 8.92. The predicted molar refractivity (Wildman–Crippen MR) is 92.0 cm³/mol. The summed E-state index contributed by atoms with van der Waals surface area (Å²) in [5.74, 6) is -0.986. The van der Waals surface area contributed by atoms with Crippen molar-refractivity contribution in [3.05, 3.63) is 35.9 Å². The summed E-state index contributed by atoms with van der Waals surface area (Å²) in [5, 5.41) is 9.05. The van der Waals surface area contributed by atoms with Gasteiger partial charge in [-0.3, -0.25) is 14.4 Å². The fraction of sp³-hybridized carbons (Fsp3) is 0.526. The third-order valence-electron chi connectivity index (χ3n) is 5.32. The van der Waals surface area contributed by atoms with Crippen LogP contribution < -0.4 is 0 Å². The van der Waals surface area contributed by atoms with E-state index in [-0.39, 0.29) is 23.7 Å². The van der Waals surface area contributed by atoms with Crippen molar-refractivity contribution in [1.82, 2.24) is 9.80 Å². The first-order valence-electron chi connectivity index (χ1n) is 8.92. The average molecular weight is 344 g/mol. The highest BCUT2D eigenvalue weighted by atomic mass is 16.4. The van der Waals surface area contributed by atoms with Gasteiger partial charge in [0, 0.05) is 37.7 Å².